The van der Waals surface area contributed by atoms with E-state index in [0.717, 1.165) is 11.1 Å². The highest BCUT2D eigenvalue weighted by atomic mass is 35.5. The summed E-state index contributed by atoms with van der Waals surface area (Å²) >= 11 is 5.59. The van der Waals surface area contributed by atoms with Gasteiger partial charge in [-0.05, 0) is 11.1 Å². The van der Waals surface area contributed by atoms with E-state index in [1.807, 2.05) is 60.7 Å². The van der Waals surface area contributed by atoms with Crippen molar-refractivity contribution in [2.75, 3.05) is 12.5 Å². The molecule has 1 unspecified atom stereocenters. The summed E-state index contributed by atoms with van der Waals surface area (Å²) in [7, 11) is 0. The maximum absolute atomic E-state index is 11.9. The summed E-state index contributed by atoms with van der Waals surface area (Å²) in [6.45, 7) is -0.0958. The van der Waals surface area contributed by atoms with Gasteiger partial charge in [0.25, 0.3) is 0 Å². The molecule has 0 aliphatic carbocycles. The van der Waals surface area contributed by atoms with E-state index in [1.54, 1.807) is 0 Å². The molecule has 1 fully saturated rings. The molecule has 2 aromatic rings. The van der Waals surface area contributed by atoms with E-state index >= 15 is 0 Å². The number of alkyl halides is 1. The fourth-order valence-electron chi connectivity index (χ4n) is 3.27. The number of rotatable bonds is 9. The highest BCUT2D eigenvalue weighted by Crippen LogP contribution is 2.29. The molecule has 1 aliphatic rings. The first-order chi connectivity index (χ1) is 14.6. The number of ether oxygens (including phenoxy) is 4. The quantitative estimate of drug-likeness (QED) is 0.458. The fourth-order valence-corrected chi connectivity index (χ4v) is 3.33. The lowest BCUT2D eigenvalue weighted by atomic mass is 9.98. The molecule has 0 amide bonds. The lowest BCUT2D eigenvalue weighted by Gasteiger charge is -2.43. The Labute approximate surface area is 180 Å². The second kappa shape index (κ2) is 11.4. The van der Waals surface area contributed by atoms with Crippen molar-refractivity contribution < 1.29 is 34.0 Å². The van der Waals surface area contributed by atoms with Gasteiger partial charge in [0, 0.05) is 0 Å². The monoisotopic (exact) mass is 436 g/mol. The Morgan fingerprint density at radius 1 is 0.900 bits per heavy atom. The molecule has 5 atom stereocenters. The Bertz CT molecular complexity index is 774. The molecule has 162 valence electrons. The Hall–Kier alpha value is -2.00. The molecule has 0 radical (unpaired) electrons. The van der Waals surface area contributed by atoms with Crippen LogP contribution in [0.1, 0.15) is 11.1 Å². The minimum atomic E-state index is -1.38. The molecule has 7 nitrogen and oxygen atoms in total. The number of halogens is 1. The number of aliphatic hydroxyl groups excluding tert-OH is 2. The fraction of sp³-hybridized carbons (Fsp3) is 0.409. The number of esters is 1. The molecule has 2 aromatic carbocycles. The average molecular weight is 437 g/mol. The molecule has 0 saturated carbocycles. The summed E-state index contributed by atoms with van der Waals surface area (Å²) in [5, 5.41) is 20.2. The second-order valence-electron chi connectivity index (χ2n) is 6.86. The lowest BCUT2D eigenvalue weighted by Crippen LogP contribution is -2.61. The molecule has 1 aliphatic heterocycles. The van der Waals surface area contributed by atoms with Crippen LogP contribution in [-0.2, 0) is 37.0 Å². The van der Waals surface area contributed by atoms with E-state index in [9.17, 15) is 15.0 Å². The minimum Gasteiger partial charge on any atom is -0.456 e. The van der Waals surface area contributed by atoms with E-state index in [0.29, 0.717) is 0 Å². The van der Waals surface area contributed by atoms with E-state index in [-0.39, 0.29) is 19.1 Å². The summed E-state index contributed by atoms with van der Waals surface area (Å²) in [5.41, 5.74) is 1.79. The smallest absolute Gasteiger partial charge is 0.321 e. The van der Waals surface area contributed by atoms with Gasteiger partial charge in [-0.15, -0.1) is 11.6 Å². The van der Waals surface area contributed by atoms with Crippen LogP contribution in [0, 0.1) is 0 Å². The van der Waals surface area contributed by atoms with Crippen LogP contribution in [0.3, 0.4) is 0 Å². The summed E-state index contributed by atoms with van der Waals surface area (Å²) < 4.78 is 22.8. The van der Waals surface area contributed by atoms with Crippen molar-refractivity contribution in [3.8, 4) is 0 Å². The largest absolute Gasteiger partial charge is 0.456 e. The zero-order chi connectivity index (χ0) is 21.3. The average Bonchev–Trinajstić information content (AvgIpc) is 2.79. The molecule has 0 aromatic heterocycles. The van der Waals surface area contributed by atoms with Crippen LogP contribution in [0.4, 0.5) is 0 Å². The molecule has 8 heteroatoms. The lowest BCUT2D eigenvalue weighted by molar-refractivity contribution is -0.309. The van der Waals surface area contributed by atoms with Gasteiger partial charge in [0.05, 0.1) is 19.8 Å². The Morgan fingerprint density at radius 3 is 1.93 bits per heavy atom. The highest BCUT2D eigenvalue weighted by Gasteiger charge is 2.49. The van der Waals surface area contributed by atoms with Crippen LogP contribution in [-0.4, -0.2) is 59.4 Å². The van der Waals surface area contributed by atoms with Crippen LogP contribution in [0.25, 0.3) is 0 Å². The topological polar surface area (TPSA) is 94.5 Å². The SMILES string of the molecule is O=C(CCl)O[C@H]1[C@H](OCc2ccccc2)[C@@H](OCc2ccccc2)C(O)O[C@@H]1CO. The number of hydrogen-bond donors (Lipinski definition) is 2. The maximum Gasteiger partial charge on any atom is 0.321 e. The van der Waals surface area contributed by atoms with Crippen LogP contribution in [0.15, 0.2) is 60.7 Å². The molecule has 0 spiro atoms. The Balaban J connectivity index is 1.80. The molecule has 1 saturated heterocycles. The van der Waals surface area contributed by atoms with Gasteiger partial charge in [0.1, 0.15) is 24.2 Å². The van der Waals surface area contributed by atoms with Crippen molar-refractivity contribution in [1.29, 1.82) is 0 Å². The van der Waals surface area contributed by atoms with Gasteiger partial charge in [0.15, 0.2) is 12.4 Å². The number of carbonyl (C=O) groups is 1. The maximum atomic E-state index is 11.9. The first-order valence-electron chi connectivity index (χ1n) is 9.63. The Kier molecular flexibility index (Phi) is 8.62. The van der Waals surface area contributed by atoms with Gasteiger partial charge in [-0.2, -0.15) is 0 Å². The number of hydrogen-bond acceptors (Lipinski definition) is 7. The van der Waals surface area contributed by atoms with Gasteiger partial charge in [-0.25, -0.2) is 0 Å². The molecular formula is C22H25ClO7. The van der Waals surface area contributed by atoms with Gasteiger partial charge in [-0.3, -0.25) is 4.79 Å². The molecule has 2 N–H and O–H groups in total. The van der Waals surface area contributed by atoms with Gasteiger partial charge in [0.2, 0.25) is 0 Å². The zero-order valence-electron chi connectivity index (χ0n) is 16.3. The first kappa shape index (κ1) is 22.7. The van der Waals surface area contributed by atoms with Crippen molar-refractivity contribution in [3.05, 3.63) is 71.8 Å². The third-order valence-electron chi connectivity index (χ3n) is 4.74. The standard InChI is InChI=1S/C22H25ClO7/c23-11-18(25)30-19-17(12-24)29-22(26)21(28-14-16-9-5-2-6-10-16)20(19)27-13-15-7-3-1-4-8-15/h1-10,17,19-22,24,26H,11-14H2/t17-,19-,20+,21-,22?/m1/s1. The van der Waals surface area contributed by atoms with Crippen molar-refractivity contribution in [1.82, 2.24) is 0 Å². The number of aliphatic hydroxyl groups is 2. The highest BCUT2D eigenvalue weighted by molar-refractivity contribution is 6.26. The van der Waals surface area contributed by atoms with Crippen LogP contribution in [0.5, 0.6) is 0 Å². The van der Waals surface area contributed by atoms with Crippen molar-refractivity contribution >= 4 is 17.6 Å². The van der Waals surface area contributed by atoms with Crippen LogP contribution in [0.2, 0.25) is 0 Å². The third kappa shape index (κ3) is 6.01. The van der Waals surface area contributed by atoms with Crippen molar-refractivity contribution in [2.24, 2.45) is 0 Å². The predicted octanol–water partition coefficient (Wildman–Crippen LogP) is 2.02. The summed E-state index contributed by atoms with van der Waals surface area (Å²) in [6.07, 6.45) is -5.21. The van der Waals surface area contributed by atoms with Crippen molar-refractivity contribution in [3.63, 3.8) is 0 Å². The van der Waals surface area contributed by atoms with E-state index < -0.39 is 43.3 Å². The molecule has 30 heavy (non-hydrogen) atoms. The normalized spacial score (nSPS) is 26.3. The third-order valence-corrected chi connectivity index (χ3v) is 4.95. The van der Waals surface area contributed by atoms with E-state index in [2.05, 4.69) is 0 Å². The summed E-state index contributed by atoms with van der Waals surface area (Å²) in [6, 6.07) is 18.8. The van der Waals surface area contributed by atoms with E-state index in [1.165, 1.54) is 0 Å². The molecular weight excluding hydrogens is 412 g/mol. The summed E-state index contributed by atoms with van der Waals surface area (Å²) in [5.74, 6) is -1.05. The van der Waals surface area contributed by atoms with Gasteiger partial charge in [-0.1, -0.05) is 60.7 Å². The van der Waals surface area contributed by atoms with Gasteiger partial charge < -0.3 is 29.2 Å². The van der Waals surface area contributed by atoms with Crippen LogP contribution >= 0.6 is 11.6 Å². The molecule has 3 rings (SSSR count). The minimum absolute atomic E-state index is 0.191. The number of benzene rings is 2. The summed E-state index contributed by atoms with van der Waals surface area (Å²) in [4.78, 5) is 11.9. The van der Waals surface area contributed by atoms with E-state index in [4.69, 9.17) is 30.5 Å². The molecule has 1 heterocycles. The Morgan fingerprint density at radius 2 is 1.43 bits per heavy atom. The predicted molar refractivity (Wildman–Crippen MR) is 109 cm³/mol. The van der Waals surface area contributed by atoms with Crippen molar-refractivity contribution in [2.45, 2.75) is 43.9 Å². The first-order valence-corrected chi connectivity index (χ1v) is 10.2. The molecule has 0 bridgehead atoms. The van der Waals surface area contributed by atoms with Gasteiger partial charge >= 0.3 is 5.97 Å². The number of carbonyl (C=O) groups excluding carboxylic acids is 1. The second-order valence-corrected chi connectivity index (χ2v) is 7.13. The van der Waals surface area contributed by atoms with Crippen LogP contribution < -0.4 is 0 Å². The zero-order valence-corrected chi connectivity index (χ0v) is 17.1.